The first kappa shape index (κ1) is 12.9. The van der Waals surface area contributed by atoms with Crippen LogP contribution >= 0.6 is 11.6 Å². The van der Waals surface area contributed by atoms with Crippen LogP contribution in [0.3, 0.4) is 0 Å². The minimum atomic E-state index is -4.35. The van der Waals surface area contributed by atoms with Crippen LogP contribution in [0.4, 0.5) is 13.2 Å². The third-order valence-electron chi connectivity index (χ3n) is 2.43. The average Bonchev–Trinajstić information content (AvgIpc) is 2.28. The third-order valence-corrected chi connectivity index (χ3v) is 2.66. The summed E-state index contributed by atoms with van der Waals surface area (Å²) >= 11 is 5.83. The highest BCUT2D eigenvalue weighted by Crippen LogP contribution is 2.28. The van der Waals surface area contributed by atoms with Crippen LogP contribution in [0.15, 0.2) is 42.6 Å². The summed E-state index contributed by atoms with van der Waals surface area (Å²) in [6, 6.07) is 9.57. The zero-order valence-electron chi connectivity index (χ0n) is 9.21. The van der Waals surface area contributed by atoms with E-state index in [0.29, 0.717) is 17.1 Å². The smallest absolute Gasteiger partial charge is 0.260 e. The predicted molar refractivity (Wildman–Crippen MR) is 63.5 cm³/mol. The van der Waals surface area contributed by atoms with Crippen LogP contribution in [0.2, 0.25) is 5.02 Å². The number of hydrogen-bond donors (Lipinski definition) is 0. The fraction of sp³-hybridized carbons (Fsp3) is 0.154. The van der Waals surface area contributed by atoms with Crippen LogP contribution < -0.4 is 0 Å². The highest BCUT2D eigenvalue weighted by Gasteiger charge is 2.30. The molecule has 2 aromatic rings. The second-order valence-corrected chi connectivity index (χ2v) is 4.28. The van der Waals surface area contributed by atoms with Gasteiger partial charge in [-0.2, -0.15) is 13.2 Å². The van der Waals surface area contributed by atoms with Crippen LogP contribution in [0, 0.1) is 0 Å². The van der Waals surface area contributed by atoms with E-state index in [1.165, 1.54) is 6.07 Å². The lowest BCUT2D eigenvalue weighted by molar-refractivity contribution is -0.137. The molecule has 1 nitrogen and oxygen atoms in total. The summed E-state index contributed by atoms with van der Waals surface area (Å²) in [5.74, 6) is 0. The minimum Gasteiger partial charge on any atom is -0.260 e. The Morgan fingerprint density at radius 2 is 1.89 bits per heavy atom. The van der Waals surface area contributed by atoms with Gasteiger partial charge in [-0.05, 0) is 29.8 Å². The van der Waals surface area contributed by atoms with E-state index >= 15 is 0 Å². The molecule has 1 heterocycles. The quantitative estimate of drug-likeness (QED) is 0.791. The minimum absolute atomic E-state index is 0.457. The van der Waals surface area contributed by atoms with Gasteiger partial charge in [0.2, 0.25) is 0 Å². The highest BCUT2D eigenvalue weighted by atomic mass is 35.5. The SMILES string of the molecule is FC(F)(F)c1ccc(Cc2cccc(Cl)c2)nc1. The van der Waals surface area contributed by atoms with Gasteiger partial charge in [0.25, 0.3) is 0 Å². The van der Waals surface area contributed by atoms with E-state index in [4.69, 9.17) is 11.6 Å². The van der Waals surface area contributed by atoms with Crippen LogP contribution in [0.5, 0.6) is 0 Å². The Bertz CT molecular complexity index is 535. The summed E-state index contributed by atoms with van der Waals surface area (Å²) in [6.07, 6.45) is -3.04. The molecule has 5 heteroatoms. The Morgan fingerprint density at radius 3 is 2.44 bits per heavy atom. The first-order valence-electron chi connectivity index (χ1n) is 5.22. The van der Waals surface area contributed by atoms with E-state index in [9.17, 15) is 13.2 Å². The van der Waals surface area contributed by atoms with Crippen molar-refractivity contribution in [3.8, 4) is 0 Å². The topological polar surface area (TPSA) is 12.9 Å². The van der Waals surface area contributed by atoms with Crippen molar-refractivity contribution in [3.63, 3.8) is 0 Å². The lowest BCUT2D eigenvalue weighted by Gasteiger charge is -2.07. The zero-order chi connectivity index (χ0) is 13.2. The predicted octanol–water partition coefficient (Wildman–Crippen LogP) is 4.34. The first-order chi connectivity index (χ1) is 8.45. The molecule has 0 saturated carbocycles. The second kappa shape index (κ2) is 4.98. The van der Waals surface area contributed by atoms with Gasteiger partial charge in [0.05, 0.1) is 5.56 Å². The van der Waals surface area contributed by atoms with E-state index in [2.05, 4.69) is 4.98 Å². The Hall–Kier alpha value is -1.55. The van der Waals surface area contributed by atoms with Gasteiger partial charge >= 0.3 is 6.18 Å². The summed E-state index contributed by atoms with van der Waals surface area (Å²) in [5.41, 5.74) is 0.748. The lowest BCUT2D eigenvalue weighted by Crippen LogP contribution is -2.06. The van der Waals surface area contributed by atoms with Crippen molar-refractivity contribution in [2.45, 2.75) is 12.6 Å². The maximum atomic E-state index is 12.3. The molecule has 94 valence electrons. The summed E-state index contributed by atoms with van der Waals surface area (Å²) in [6.45, 7) is 0. The number of rotatable bonds is 2. The molecule has 1 aromatic heterocycles. The van der Waals surface area contributed by atoms with Crippen molar-refractivity contribution in [1.82, 2.24) is 4.98 Å². The standard InChI is InChI=1S/C13H9ClF3N/c14-11-3-1-2-9(6-11)7-12-5-4-10(8-18-12)13(15,16)17/h1-6,8H,7H2. The van der Waals surface area contributed by atoms with Gasteiger partial charge < -0.3 is 0 Å². The number of benzene rings is 1. The highest BCUT2D eigenvalue weighted by molar-refractivity contribution is 6.30. The number of nitrogens with zero attached hydrogens (tertiary/aromatic N) is 1. The Kier molecular flexibility index (Phi) is 3.57. The molecule has 0 fully saturated rings. The molecular weight excluding hydrogens is 263 g/mol. The Morgan fingerprint density at radius 1 is 1.11 bits per heavy atom. The van der Waals surface area contributed by atoms with Crippen molar-refractivity contribution < 1.29 is 13.2 Å². The Balaban J connectivity index is 2.16. The largest absolute Gasteiger partial charge is 0.417 e. The Labute approximate surface area is 107 Å². The van der Waals surface area contributed by atoms with Crippen LogP contribution in [-0.2, 0) is 12.6 Å². The molecule has 2 rings (SSSR count). The number of hydrogen-bond acceptors (Lipinski definition) is 1. The molecule has 0 spiro atoms. The maximum absolute atomic E-state index is 12.3. The summed E-state index contributed by atoms with van der Waals surface area (Å²) in [7, 11) is 0. The first-order valence-corrected chi connectivity index (χ1v) is 5.59. The molecule has 0 N–H and O–H groups in total. The molecule has 0 aliphatic carbocycles. The third kappa shape index (κ3) is 3.23. The van der Waals surface area contributed by atoms with E-state index in [1.807, 2.05) is 6.07 Å². The van der Waals surface area contributed by atoms with Crippen molar-refractivity contribution in [1.29, 1.82) is 0 Å². The maximum Gasteiger partial charge on any atom is 0.417 e. The lowest BCUT2D eigenvalue weighted by atomic mass is 10.1. The van der Waals surface area contributed by atoms with Gasteiger partial charge in [-0.15, -0.1) is 0 Å². The summed E-state index contributed by atoms with van der Waals surface area (Å²) < 4.78 is 37.0. The molecule has 0 saturated heterocycles. The van der Waals surface area contributed by atoms with E-state index in [-0.39, 0.29) is 0 Å². The number of alkyl halides is 3. The van der Waals surface area contributed by atoms with Crippen LogP contribution in [0.25, 0.3) is 0 Å². The molecule has 18 heavy (non-hydrogen) atoms. The fourth-order valence-electron chi connectivity index (χ4n) is 1.55. The molecule has 0 unspecified atom stereocenters. The van der Waals surface area contributed by atoms with Gasteiger partial charge in [-0.25, -0.2) is 0 Å². The summed E-state index contributed by atoms with van der Waals surface area (Å²) in [4.78, 5) is 3.81. The fourth-order valence-corrected chi connectivity index (χ4v) is 1.77. The van der Waals surface area contributed by atoms with Crippen molar-refractivity contribution in [2.24, 2.45) is 0 Å². The molecule has 0 aliphatic heterocycles. The average molecular weight is 272 g/mol. The zero-order valence-corrected chi connectivity index (χ0v) is 9.96. The van der Waals surface area contributed by atoms with Gasteiger partial charge in [-0.1, -0.05) is 23.7 Å². The van der Waals surface area contributed by atoms with Gasteiger partial charge in [0.15, 0.2) is 0 Å². The second-order valence-electron chi connectivity index (χ2n) is 3.84. The van der Waals surface area contributed by atoms with Gasteiger partial charge in [0, 0.05) is 23.3 Å². The molecule has 1 aromatic carbocycles. The van der Waals surface area contributed by atoms with Gasteiger partial charge in [-0.3, -0.25) is 4.98 Å². The number of halogens is 4. The number of pyridine rings is 1. The van der Waals surface area contributed by atoms with Crippen molar-refractivity contribution in [2.75, 3.05) is 0 Å². The molecular formula is C13H9ClF3N. The molecule has 0 bridgehead atoms. The molecule has 0 atom stereocenters. The molecule has 0 aliphatic rings. The van der Waals surface area contributed by atoms with Crippen molar-refractivity contribution >= 4 is 11.6 Å². The van der Waals surface area contributed by atoms with E-state index < -0.39 is 11.7 Å². The summed E-state index contributed by atoms with van der Waals surface area (Å²) in [5, 5.41) is 0.597. The van der Waals surface area contributed by atoms with Crippen LogP contribution in [0.1, 0.15) is 16.8 Å². The van der Waals surface area contributed by atoms with Gasteiger partial charge in [0.1, 0.15) is 0 Å². The normalized spacial score (nSPS) is 11.6. The number of aromatic nitrogens is 1. The van der Waals surface area contributed by atoms with Crippen molar-refractivity contribution in [3.05, 3.63) is 64.4 Å². The molecule has 0 radical (unpaired) electrons. The molecule has 0 amide bonds. The van der Waals surface area contributed by atoms with E-state index in [0.717, 1.165) is 17.8 Å². The van der Waals surface area contributed by atoms with E-state index in [1.54, 1.807) is 18.2 Å². The van der Waals surface area contributed by atoms with Crippen LogP contribution in [-0.4, -0.2) is 4.98 Å². The monoisotopic (exact) mass is 271 g/mol.